The topological polar surface area (TPSA) is 145 Å². The van der Waals surface area contributed by atoms with Crippen molar-refractivity contribution < 1.29 is 13.2 Å². The molecule has 158 valence electrons. The summed E-state index contributed by atoms with van der Waals surface area (Å²) in [7, 11) is -3.70. The molecule has 2 aromatic carbocycles. The molecule has 0 radical (unpaired) electrons. The maximum atomic E-state index is 11.5. The van der Waals surface area contributed by atoms with Crippen LogP contribution in [-0.2, 0) is 15.8 Å². The molecule has 0 saturated heterocycles. The fourth-order valence-corrected chi connectivity index (χ4v) is 3.42. The summed E-state index contributed by atoms with van der Waals surface area (Å²) in [6, 6.07) is 14.1. The summed E-state index contributed by atoms with van der Waals surface area (Å²) in [5.74, 6) is 0.947. The van der Waals surface area contributed by atoms with Crippen LogP contribution >= 0.6 is 11.6 Å². The number of hydrogen-bond acceptors (Lipinski definition) is 8. The number of halogens is 1. The Morgan fingerprint density at radius 1 is 1.10 bits per heavy atom. The van der Waals surface area contributed by atoms with E-state index in [9.17, 15) is 8.42 Å². The van der Waals surface area contributed by atoms with Crippen molar-refractivity contribution in [2.24, 2.45) is 10.9 Å². The van der Waals surface area contributed by atoms with Crippen molar-refractivity contribution in [2.45, 2.75) is 5.75 Å². The van der Waals surface area contributed by atoms with Crippen LogP contribution in [0.4, 0.5) is 23.1 Å². The number of hydrogen-bond donors (Lipinski definition) is 4. The molecule has 0 unspecified atom stereocenters. The lowest BCUT2D eigenvalue weighted by atomic mass is 10.2. The van der Waals surface area contributed by atoms with E-state index in [-0.39, 0.29) is 10.8 Å². The third-order valence-electron chi connectivity index (χ3n) is 3.85. The molecule has 0 saturated carbocycles. The van der Waals surface area contributed by atoms with Crippen LogP contribution in [0.15, 0.2) is 54.7 Å². The molecule has 0 spiro atoms. The second-order valence-corrected chi connectivity index (χ2v) is 8.29. The molecule has 6 N–H and O–H groups in total. The first kappa shape index (κ1) is 21.8. The maximum absolute atomic E-state index is 11.5. The van der Waals surface area contributed by atoms with Crippen molar-refractivity contribution in [1.82, 2.24) is 9.97 Å². The van der Waals surface area contributed by atoms with E-state index in [1.165, 1.54) is 6.20 Å². The van der Waals surface area contributed by atoms with Gasteiger partial charge in [-0.3, -0.25) is 0 Å². The lowest BCUT2D eigenvalue weighted by Gasteiger charge is -2.13. The van der Waals surface area contributed by atoms with Gasteiger partial charge in [-0.25, -0.2) is 18.5 Å². The monoisotopic (exact) mass is 448 g/mol. The van der Waals surface area contributed by atoms with Crippen LogP contribution in [0, 0.1) is 0 Å². The number of primary sulfonamides is 1. The number of aromatic nitrogens is 2. The molecule has 0 bridgehead atoms. The number of rotatable bonds is 9. The van der Waals surface area contributed by atoms with Gasteiger partial charge in [-0.2, -0.15) is 4.98 Å². The highest BCUT2D eigenvalue weighted by molar-refractivity contribution is 7.88. The zero-order valence-corrected chi connectivity index (χ0v) is 17.4. The van der Waals surface area contributed by atoms with Crippen LogP contribution in [0.5, 0.6) is 5.75 Å². The number of nitrogens with two attached hydrogens (primary N) is 2. The summed E-state index contributed by atoms with van der Waals surface area (Å²) in [5, 5.41) is 11.6. The van der Waals surface area contributed by atoms with Crippen molar-refractivity contribution in [1.29, 1.82) is 0 Å². The first-order chi connectivity index (χ1) is 14.3. The summed E-state index contributed by atoms with van der Waals surface area (Å²) in [4.78, 5) is 8.56. The van der Waals surface area contributed by atoms with Gasteiger partial charge in [0, 0.05) is 24.0 Å². The Bertz CT molecular complexity index is 1130. The van der Waals surface area contributed by atoms with E-state index in [0.29, 0.717) is 47.6 Å². The van der Waals surface area contributed by atoms with E-state index in [1.54, 1.807) is 30.3 Å². The number of benzene rings is 2. The largest absolute Gasteiger partial charge is 0.492 e. The van der Waals surface area contributed by atoms with E-state index >= 15 is 0 Å². The minimum atomic E-state index is -3.70. The average Bonchev–Trinajstić information content (AvgIpc) is 2.69. The average molecular weight is 449 g/mol. The number of anilines is 4. The van der Waals surface area contributed by atoms with Gasteiger partial charge in [0.25, 0.3) is 0 Å². The summed E-state index contributed by atoms with van der Waals surface area (Å²) in [6.45, 7) is 0.826. The van der Waals surface area contributed by atoms with Crippen LogP contribution in [0.1, 0.15) is 5.56 Å². The molecule has 0 aliphatic rings. The molecular formula is C19H21ClN6O3S. The van der Waals surface area contributed by atoms with E-state index in [2.05, 4.69) is 20.6 Å². The number of ether oxygens (including phenoxy) is 1. The highest BCUT2D eigenvalue weighted by Gasteiger charge is 2.12. The fourth-order valence-electron chi connectivity index (χ4n) is 2.60. The molecule has 0 fully saturated rings. The van der Waals surface area contributed by atoms with Crippen LogP contribution in [0.25, 0.3) is 0 Å². The Morgan fingerprint density at radius 2 is 1.90 bits per heavy atom. The molecule has 1 heterocycles. The van der Waals surface area contributed by atoms with Gasteiger partial charge in [0.1, 0.15) is 17.4 Å². The summed E-state index contributed by atoms with van der Waals surface area (Å²) < 4.78 is 28.5. The van der Waals surface area contributed by atoms with E-state index in [0.717, 1.165) is 0 Å². The lowest BCUT2D eigenvalue weighted by molar-refractivity contribution is 0.328. The van der Waals surface area contributed by atoms with Gasteiger partial charge in [-0.05, 0) is 23.8 Å². The van der Waals surface area contributed by atoms with Gasteiger partial charge in [0.05, 0.1) is 11.9 Å². The van der Waals surface area contributed by atoms with Crippen LogP contribution in [0.2, 0.25) is 5.02 Å². The Labute approximate surface area is 179 Å². The van der Waals surface area contributed by atoms with Gasteiger partial charge in [0.2, 0.25) is 16.0 Å². The SMILES string of the molecule is NCCOc1cccc(Nc2ncc(Cl)c(Nc3ccccc3CS(N)(=O)=O)n2)c1. The number of nitrogens with zero attached hydrogens (tertiary/aromatic N) is 2. The zero-order valence-electron chi connectivity index (χ0n) is 15.9. The van der Waals surface area contributed by atoms with Gasteiger partial charge >= 0.3 is 0 Å². The normalized spacial score (nSPS) is 11.2. The van der Waals surface area contributed by atoms with Crippen LogP contribution in [0.3, 0.4) is 0 Å². The van der Waals surface area contributed by atoms with Crippen LogP contribution < -0.4 is 26.2 Å². The summed E-state index contributed by atoms with van der Waals surface area (Å²) >= 11 is 6.23. The molecule has 0 atom stereocenters. The minimum Gasteiger partial charge on any atom is -0.492 e. The van der Waals surface area contributed by atoms with Gasteiger partial charge in [-0.15, -0.1) is 0 Å². The second-order valence-electron chi connectivity index (χ2n) is 6.27. The van der Waals surface area contributed by atoms with Crippen molar-refractivity contribution in [3.05, 3.63) is 65.3 Å². The van der Waals surface area contributed by atoms with E-state index < -0.39 is 10.0 Å². The first-order valence-corrected chi connectivity index (χ1v) is 11.0. The number of sulfonamides is 1. The molecule has 3 rings (SSSR count). The fraction of sp³-hybridized carbons (Fsp3) is 0.158. The molecule has 1 aromatic heterocycles. The van der Waals surface area contributed by atoms with Crippen molar-refractivity contribution in [3.8, 4) is 5.75 Å². The summed E-state index contributed by atoms with van der Waals surface area (Å²) in [5.41, 5.74) is 7.19. The maximum Gasteiger partial charge on any atom is 0.229 e. The van der Waals surface area contributed by atoms with Crippen molar-refractivity contribution >= 4 is 44.8 Å². The standard InChI is InChI=1S/C19H21ClN6O3S/c20-16-11-23-19(24-14-5-3-6-15(10-14)29-9-8-21)26-18(16)25-17-7-2-1-4-13(17)12-30(22,27)28/h1-7,10-11H,8-9,12,21H2,(H2,22,27,28)(H2,23,24,25,26). The molecule has 0 amide bonds. The third-order valence-corrected chi connectivity index (χ3v) is 4.84. The number of para-hydroxylation sites is 1. The molecule has 3 aromatic rings. The highest BCUT2D eigenvalue weighted by atomic mass is 35.5. The van der Waals surface area contributed by atoms with Gasteiger partial charge in [-0.1, -0.05) is 35.9 Å². The smallest absolute Gasteiger partial charge is 0.229 e. The van der Waals surface area contributed by atoms with Gasteiger partial charge < -0.3 is 21.1 Å². The quantitative estimate of drug-likeness (QED) is 0.391. The predicted molar refractivity (Wildman–Crippen MR) is 118 cm³/mol. The Hall–Kier alpha value is -2.92. The Kier molecular flexibility index (Phi) is 7.06. The zero-order chi connectivity index (χ0) is 21.6. The Balaban J connectivity index is 1.82. The summed E-state index contributed by atoms with van der Waals surface area (Å²) in [6.07, 6.45) is 1.44. The predicted octanol–water partition coefficient (Wildman–Crippen LogP) is 2.74. The Morgan fingerprint density at radius 3 is 2.67 bits per heavy atom. The molecule has 9 nitrogen and oxygen atoms in total. The highest BCUT2D eigenvalue weighted by Crippen LogP contribution is 2.28. The van der Waals surface area contributed by atoms with Crippen LogP contribution in [-0.4, -0.2) is 31.5 Å². The molecule has 0 aliphatic carbocycles. The van der Waals surface area contributed by atoms with E-state index in [4.69, 9.17) is 27.2 Å². The molecule has 0 aliphatic heterocycles. The van der Waals surface area contributed by atoms with Gasteiger partial charge in [0.15, 0.2) is 5.82 Å². The first-order valence-electron chi connectivity index (χ1n) is 8.92. The molecular weight excluding hydrogens is 428 g/mol. The second kappa shape index (κ2) is 9.72. The number of nitrogens with one attached hydrogen (secondary N) is 2. The van der Waals surface area contributed by atoms with Crippen molar-refractivity contribution in [3.63, 3.8) is 0 Å². The third kappa shape index (κ3) is 6.29. The van der Waals surface area contributed by atoms with Crippen molar-refractivity contribution in [2.75, 3.05) is 23.8 Å². The van der Waals surface area contributed by atoms with E-state index in [1.807, 2.05) is 18.2 Å². The lowest BCUT2D eigenvalue weighted by Crippen LogP contribution is -2.15. The molecule has 30 heavy (non-hydrogen) atoms. The minimum absolute atomic E-state index is 0.269. The molecule has 11 heteroatoms.